The molecule has 0 heterocycles. The van der Waals surface area contributed by atoms with Gasteiger partial charge in [-0.1, -0.05) is 25.1 Å². The van der Waals surface area contributed by atoms with Gasteiger partial charge in [-0.15, -0.1) is 6.58 Å². The first kappa shape index (κ1) is 19.4. The van der Waals surface area contributed by atoms with Crippen LogP contribution in [0.1, 0.15) is 23.6 Å². The maximum absolute atomic E-state index is 6.04. The van der Waals surface area contributed by atoms with E-state index in [9.17, 15) is 0 Å². The van der Waals surface area contributed by atoms with Crippen LogP contribution in [0.2, 0.25) is 0 Å². The molecule has 5 nitrogen and oxygen atoms in total. The van der Waals surface area contributed by atoms with Crippen molar-refractivity contribution < 1.29 is 9.47 Å². The number of nitrogens with two attached hydrogens (primary N) is 1. The molecule has 0 aliphatic heterocycles. The van der Waals surface area contributed by atoms with Gasteiger partial charge in [0.15, 0.2) is 17.5 Å². The number of nitrogens with one attached hydrogen (secondary N) is 1. The summed E-state index contributed by atoms with van der Waals surface area (Å²) in [4.78, 5) is 4.44. The lowest BCUT2D eigenvalue weighted by Crippen LogP contribution is -2.22. The Bertz CT molecular complexity index is 785. The van der Waals surface area contributed by atoms with Crippen LogP contribution in [0.5, 0.6) is 11.5 Å². The van der Waals surface area contributed by atoms with Crippen molar-refractivity contribution in [1.29, 1.82) is 0 Å². The minimum atomic E-state index is 0.373. The summed E-state index contributed by atoms with van der Waals surface area (Å²) in [6, 6.07) is 12.1. The monoisotopic (exact) mass is 353 g/mol. The molecule has 0 spiro atoms. The molecule has 0 saturated carbocycles. The van der Waals surface area contributed by atoms with Crippen LogP contribution in [0.4, 0.5) is 5.69 Å². The van der Waals surface area contributed by atoms with Gasteiger partial charge >= 0.3 is 0 Å². The lowest BCUT2D eigenvalue weighted by atomic mass is 10.1. The number of anilines is 1. The number of allylic oxidation sites excluding steroid dienone is 1. The van der Waals surface area contributed by atoms with Crippen molar-refractivity contribution in [2.24, 2.45) is 10.7 Å². The summed E-state index contributed by atoms with van der Waals surface area (Å²) >= 11 is 0. The summed E-state index contributed by atoms with van der Waals surface area (Å²) in [7, 11) is 3.26. The molecule has 0 unspecified atom stereocenters. The largest absolute Gasteiger partial charge is 0.493 e. The van der Waals surface area contributed by atoms with Gasteiger partial charge in [-0.05, 0) is 48.2 Å². The Morgan fingerprint density at radius 1 is 1.19 bits per heavy atom. The summed E-state index contributed by atoms with van der Waals surface area (Å²) < 4.78 is 10.9. The Kier molecular flexibility index (Phi) is 7.09. The van der Waals surface area contributed by atoms with Crippen molar-refractivity contribution >= 4 is 11.6 Å². The topological polar surface area (TPSA) is 68.9 Å². The first-order valence-electron chi connectivity index (χ1n) is 8.61. The second-order valence-electron chi connectivity index (χ2n) is 5.86. The Morgan fingerprint density at radius 2 is 2.00 bits per heavy atom. The number of nitrogens with zero attached hydrogens (tertiary/aromatic N) is 1. The minimum Gasteiger partial charge on any atom is -0.493 e. The molecule has 3 N–H and O–H groups in total. The second kappa shape index (κ2) is 9.51. The molecule has 0 fully saturated rings. The van der Waals surface area contributed by atoms with Crippen LogP contribution in [0.3, 0.4) is 0 Å². The van der Waals surface area contributed by atoms with Crippen LogP contribution in [-0.4, -0.2) is 20.2 Å². The van der Waals surface area contributed by atoms with E-state index in [2.05, 4.69) is 35.9 Å². The molecule has 26 heavy (non-hydrogen) atoms. The van der Waals surface area contributed by atoms with Gasteiger partial charge in [0.2, 0.25) is 0 Å². The number of guanidine groups is 1. The molecule has 2 aromatic carbocycles. The third-order valence-corrected chi connectivity index (χ3v) is 4.02. The van der Waals surface area contributed by atoms with Gasteiger partial charge in [-0.2, -0.15) is 0 Å². The molecule has 5 heteroatoms. The van der Waals surface area contributed by atoms with Crippen LogP contribution >= 0.6 is 0 Å². The molecule has 0 amide bonds. The fourth-order valence-corrected chi connectivity index (χ4v) is 2.74. The molecular formula is C21H27N3O2. The van der Waals surface area contributed by atoms with Gasteiger partial charge in [-0.25, -0.2) is 4.99 Å². The predicted octanol–water partition coefficient (Wildman–Crippen LogP) is 3.92. The first-order valence-corrected chi connectivity index (χ1v) is 8.61. The number of benzene rings is 2. The first-order chi connectivity index (χ1) is 12.6. The van der Waals surface area contributed by atoms with Crippen molar-refractivity contribution in [2.45, 2.75) is 26.3 Å². The highest BCUT2D eigenvalue weighted by Gasteiger charge is 2.11. The van der Waals surface area contributed by atoms with E-state index in [0.29, 0.717) is 24.7 Å². The number of aliphatic imine (C=N–C) groups is 1. The highest BCUT2D eigenvalue weighted by atomic mass is 16.5. The van der Waals surface area contributed by atoms with Gasteiger partial charge in [0, 0.05) is 11.3 Å². The van der Waals surface area contributed by atoms with Crippen LogP contribution in [0, 0.1) is 0 Å². The van der Waals surface area contributed by atoms with Gasteiger partial charge < -0.3 is 20.5 Å². The van der Waals surface area contributed by atoms with Crippen molar-refractivity contribution in [3.63, 3.8) is 0 Å². The predicted molar refractivity (Wildman–Crippen MR) is 108 cm³/mol. The minimum absolute atomic E-state index is 0.373. The van der Waals surface area contributed by atoms with Crippen LogP contribution in [0.15, 0.2) is 54.0 Å². The average molecular weight is 353 g/mol. The molecule has 0 aliphatic rings. The van der Waals surface area contributed by atoms with Gasteiger partial charge in [0.05, 0.1) is 20.8 Å². The lowest BCUT2D eigenvalue weighted by Gasteiger charge is -2.14. The Morgan fingerprint density at radius 3 is 2.65 bits per heavy atom. The van der Waals surface area contributed by atoms with E-state index in [1.165, 1.54) is 5.56 Å². The average Bonchev–Trinajstić information content (AvgIpc) is 2.66. The van der Waals surface area contributed by atoms with E-state index in [1.54, 1.807) is 14.2 Å². The number of hydrogen-bond donors (Lipinski definition) is 2. The smallest absolute Gasteiger partial charge is 0.193 e. The fraction of sp³-hybridized carbons (Fsp3) is 0.286. The molecule has 0 radical (unpaired) electrons. The second-order valence-corrected chi connectivity index (χ2v) is 5.86. The highest BCUT2D eigenvalue weighted by Crippen LogP contribution is 2.33. The number of ether oxygens (including phenoxy) is 2. The molecule has 0 aliphatic carbocycles. The molecule has 0 bridgehead atoms. The third-order valence-electron chi connectivity index (χ3n) is 4.02. The molecule has 0 atom stereocenters. The van der Waals surface area contributed by atoms with Crippen molar-refractivity contribution in [1.82, 2.24) is 0 Å². The lowest BCUT2D eigenvalue weighted by molar-refractivity contribution is 0.352. The molecule has 0 aromatic heterocycles. The SMILES string of the molecule is C=CCc1cc(CN=C(N)Nc2cccc(CC)c2)cc(OC)c1OC. The zero-order chi connectivity index (χ0) is 18.9. The molecular weight excluding hydrogens is 326 g/mol. The quantitative estimate of drug-likeness (QED) is 0.429. The maximum Gasteiger partial charge on any atom is 0.193 e. The summed E-state index contributed by atoms with van der Waals surface area (Å²) in [5.41, 5.74) is 10.2. The summed E-state index contributed by atoms with van der Waals surface area (Å²) in [5, 5.41) is 3.13. The van der Waals surface area contributed by atoms with Crippen molar-refractivity contribution in [3.05, 3.63) is 65.7 Å². The van der Waals surface area contributed by atoms with Gasteiger partial charge in [0.25, 0.3) is 0 Å². The third kappa shape index (κ3) is 5.02. The van der Waals surface area contributed by atoms with E-state index in [4.69, 9.17) is 15.2 Å². The van der Waals surface area contributed by atoms with E-state index in [0.717, 1.165) is 29.0 Å². The summed E-state index contributed by atoms with van der Waals surface area (Å²) in [6.07, 6.45) is 3.50. The zero-order valence-electron chi connectivity index (χ0n) is 15.7. The molecule has 0 saturated heterocycles. The van der Waals surface area contributed by atoms with Gasteiger partial charge in [0.1, 0.15) is 0 Å². The normalized spacial score (nSPS) is 11.1. The Labute approximate surface area is 155 Å². The molecule has 138 valence electrons. The Hall–Kier alpha value is -2.95. The van der Waals surface area contributed by atoms with E-state index >= 15 is 0 Å². The van der Waals surface area contributed by atoms with E-state index in [-0.39, 0.29) is 0 Å². The zero-order valence-corrected chi connectivity index (χ0v) is 15.7. The Balaban J connectivity index is 2.17. The molecule has 2 aromatic rings. The van der Waals surface area contributed by atoms with Crippen LogP contribution in [-0.2, 0) is 19.4 Å². The number of hydrogen-bond acceptors (Lipinski definition) is 3. The number of rotatable bonds is 8. The summed E-state index contributed by atoms with van der Waals surface area (Å²) in [6.45, 7) is 6.36. The van der Waals surface area contributed by atoms with E-state index < -0.39 is 0 Å². The highest BCUT2D eigenvalue weighted by molar-refractivity contribution is 5.92. The van der Waals surface area contributed by atoms with Crippen molar-refractivity contribution in [3.8, 4) is 11.5 Å². The van der Waals surface area contributed by atoms with Gasteiger partial charge in [-0.3, -0.25) is 0 Å². The van der Waals surface area contributed by atoms with E-state index in [1.807, 2.05) is 30.3 Å². The standard InChI is InChI=1S/C21H27N3O2/c1-5-8-17-11-16(13-19(25-3)20(17)26-4)14-23-21(22)24-18-10-7-9-15(6-2)12-18/h5,7,9-13H,1,6,8,14H2,2-4H3,(H3,22,23,24). The van der Waals surface area contributed by atoms with Crippen molar-refractivity contribution in [2.75, 3.05) is 19.5 Å². The number of methoxy groups -OCH3 is 2. The fourth-order valence-electron chi connectivity index (χ4n) is 2.74. The van der Waals surface area contributed by atoms with Crippen LogP contribution < -0.4 is 20.5 Å². The number of aryl methyl sites for hydroxylation is 1. The molecule has 2 rings (SSSR count). The summed E-state index contributed by atoms with van der Waals surface area (Å²) in [5.74, 6) is 1.78. The maximum atomic E-state index is 6.04. The van der Waals surface area contributed by atoms with Crippen LogP contribution in [0.25, 0.3) is 0 Å².